The van der Waals surface area contributed by atoms with E-state index < -0.39 is 0 Å². The van der Waals surface area contributed by atoms with Crippen molar-refractivity contribution in [2.24, 2.45) is 0 Å². The number of rotatable bonds is 4. The molecule has 0 aliphatic carbocycles. The van der Waals surface area contributed by atoms with E-state index in [1.165, 1.54) is 32.1 Å². The van der Waals surface area contributed by atoms with Crippen LogP contribution in [0.25, 0.3) is 10.8 Å². The molecule has 0 rings (SSSR count). The van der Waals surface area contributed by atoms with Crippen LogP contribution in [-0.4, -0.2) is 12.2 Å². The number of hydrogen-bond donors (Lipinski definition) is 0. The third-order valence-corrected chi connectivity index (χ3v) is 1.21. The summed E-state index contributed by atoms with van der Waals surface area (Å²) in [5.74, 6) is 0. The summed E-state index contributed by atoms with van der Waals surface area (Å²) < 4.78 is 0. The molecule has 0 saturated heterocycles. The number of isocyanates is 2. The first kappa shape index (κ1) is 23.3. The Morgan fingerprint density at radius 1 is 0.857 bits per heavy atom. The van der Waals surface area contributed by atoms with Crippen molar-refractivity contribution in [1.29, 1.82) is 0 Å². The number of nitrogens with zero attached hydrogens (tertiary/aromatic N) is 2. The standard InChI is InChI=1S/C7H16.2CNO.Zn/c1-3-5-7-6-4-2;2*2-1-3;/h3-7H2,1-2H3;;;/q;2*-1;+2. The first-order chi connectivity index (χ1) is 6.24. The number of unbranched alkanes of at least 4 members (excludes halogenated alkanes) is 4. The maximum Gasteiger partial charge on any atom is 2.00 e. The summed E-state index contributed by atoms with van der Waals surface area (Å²) in [5.41, 5.74) is 0. The van der Waals surface area contributed by atoms with E-state index in [2.05, 4.69) is 13.8 Å². The predicted molar refractivity (Wildman–Crippen MR) is 52.5 cm³/mol. The van der Waals surface area contributed by atoms with Crippen LogP contribution < -0.4 is 0 Å². The van der Waals surface area contributed by atoms with Crippen LogP contribution >= 0.6 is 0 Å². The summed E-state index contributed by atoms with van der Waals surface area (Å²) in [6.45, 7) is 4.49. The van der Waals surface area contributed by atoms with Gasteiger partial charge in [-0.3, -0.25) is 9.59 Å². The van der Waals surface area contributed by atoms with Gasteiger partial charge in [-0.25, -0.2) is 0 Å². The molecule has 0 radical (unpaired) electrons. The molecule has 0 bridgehead atoms. The number of carbonyl (C=O) groups excluding carboxylic acids is 2. The smallest absolute Gasteiger partial charge is 0.724 e. The Morgan fingerprint density at radius 3 is 1.21 bits per heavy atom. The van der Waals surface area contributed by atoms with Crippen molar-refractivity contribution in [1.82, 2.24) is 0 Å². The molecule has 5 heteroatoms. The average Bonchev–Trinajstić information content (AvgIpc) is 2.08. The molecule has 4 nitrogen and oxygen atoms in total. The molecule has 0 fully saturated rings. The minimum atomic E-state index is 0. The second-order valence-electron chi connectivity index (χ2n) is 2.24. The first-order valence-corrected chi connectivity index (χ1v) is 4.27. The molecular weight excluding hydrogens is 234 g/mol. The third-order valence-electron chi connectivity index (χ3n) is 1.21. The van der Waals surface area contributed by atoms with Crippen LogP contribution in [0.3, 0.4) is 0 Å². The zero-order valence-corrected chi connectivity index (χ0v) is 11.9. The third kappa shape index (κ3) is 107. The van der Waals surface area contributed by atoms with E-state index in [0.29, 0.717) is 12.2 Å². The van der Waals surface area contributed by atoms with Crippen molar-refractivity contribution in [2.75, 3.05) is 0 Å². The quantitative estimate of drug-likeness (QED) is 0.332. The predicted octanol–water partition coefficient (Wildman–Crippen LogP) is 2.76. The topological polar surface area (TPSA) is 78.7 Å². The fourth-order valence-electron chi connectivity index (χ4n) is 0.677. The van der Waals surface area contributed by atoms with Crippen LogP contribution in [0.15, 0.2) is 0 Å². The summed E-state index contributed by atoms with van der Waals surface area (Å²) in [5, 5.41) is 13.5. The van der Waals surface area contributed by atoms with E-state index in [1.54, 1.807) is 0 Å². The van der Waals surface area contributed by atoms with Crippen molar-refractivity contribution >= 4 is 12.2 Å². The van der Waals surface area contributed by atoms with Gasteiger partial charge in [0.25, 0.3) is 0 Å². The van der Waals surface area contributed by atoms with Crippen molar-refractivity contribution < 1.29 is 29.1 Å². The van der Waals surface area contributed by atoms with E-state index in [1.807, 2.05) is 0 Å². The average molecular weight is 250 g/mol. The Bertz CT molecular complexity index is 124. The molecule has 0 aliphatic heterocycles. The second kappa shape index (κ2) is 39.4. The molecule has 0 aromatic heterocycles. The van der Waals surface area contributed by atoms with Crippen LogP contribution in [0.1, 0.15) is 46.0 Å². The molecule has 0 heterocycles. The molecule has 0 spiro atoms. The van der Waals surface area contributed by atoms with Gasteiger partial charge in [0.1, 0.15) is 0 Å². The van der Waals surface area contributed by atoms with Gasteiger partial charge >= 0.3 is 19.5 Å². The summed E-state index contributed by atoms with van der Waals surface area (Å²) in [6, 6.07) is 0. The fourth-order valence-corrected chi connectivity index (χ4v) is 0.677. The van der Waals surface area contributed by atoms with Crippen molar-refractivity contribution in [3.8, 4) is 0 Å². The van der Waals surface area contributed by atoms with Crippen LogP contribution in [-0.2, 0) is 29.1 Å². The molecule has 0 aromatic rings. The van der Waals surface area contributed by atoms with E-state index in [4.69, 9.17) is 20.4 Å². The normalized spacial score (nSPS) is 5.86. The van der Waals surface area contributed by atoms with Crippen LogP contribution in [0, 0.1) is 0 Å². The maximum atomic E-state index is 8.24. The second-order valence-corrected chi connectivity index (χ2v) is 2.24. The van der Waals surface area contributed by atoms with Crippen molar-refractivity contribution in [2.45, 2.75) is 46.0 Å². The Balaban J connectivity index is -0.0000000610. The molecule has 76 valence electrons. The molecule has 0 N–H and O–H groups in total. The van der Waals surface area contributed by atoms with Crippen molar-refractivity contribution in [3.05, 3.63) is 10.8 Å². The summed E-state index contributed by atoms with van der Waals surface area (Å²) in [7, 11) is 0. The summed E-state index contributed by atoms with van der Waals surface area (Å²) >= 11 is 0. The Morgan fingerprint density at radius 2 is 1.07 bits per heavy atom. The van der Waals surface area contributed by atoms with Gasteiger partial charge in [0.05, 0.1) is 0 Å². The van der Waals surface area contributed by atoms with Crippen LogP contribution in [0.2, 0.25) is 0 Å². The Hall–Kier alpha value is -0.617. The molecule has 0 unspecified atom stereocenters. The van der Waals surface area contributed by atoms with Gasteiger partial charge in [-0.05, 0) is 12.2 Å². The van der Waals surface area contributed by atoms with Crippen LogP contribution in [0.4, 0.5) is 0 Å². The Labute approximate surface area is 98.2 Å². The summed E-state index contributed by atoms with van der Waals surface area (Å²) in [6.07, 6.45) is 8.01. The van der Waals surface area contributed by atoms with Gasteiger partial charge in [-0.2, -0.15) is 0 Å². The van der Waals surface area contributed by atoms with Gasteiger partial charge in [-0.15, -0.1) is 0 Å². The Kier molecular flexibility index (Phi) is 65.6. The zero-order valence-electron chi connectivity index (χ0n) is 8.95. The SMILES string of the molecule is CCCCCCC.[N-]=C=O.[N-]=C=O.[Zn+2]. The van der Waals surface area contributed by atoms with Crippen LogP contribution in [0.5, 0.6) is 0 Å². The molecule has 0 aromatic carbocycles. The molecule has 0 saturated carbocycles. The van der Waals surface area contributed by atoms with Gasteiger partial charge in [0.15, 0.2) is 0 Å². The van der Waals surface area contributed by atoms with E-state index in [9.17, 15) is 0 Å². The fraction of sp³-hybridized carbons (Fsp3) is 0.778. The number of hydrogen-bond acceptors (Lipinski definition) is 2. The van der Waals surface area contributed by atoms with Gasteiger partial charge < -0.3 is 10.8 Å². The molecule has 0 aliphatic rings. The molecule has 0 atom stereocenters. The molecule has 14 heavy (non-hydrogen) atoms. The van der Waals surface area contributed by atoms with Crippen molar-refractivity contribution in [3.63, 3.8) is 0 Å². The largest absolute Gasteiger partial charge is 2.00 e. The maximum absolute atomic E-state index is 8.24. The molecular formula is C9H16N2O2Zn. The molecule has 0 amide bonds. The van der Waals surface area contributed by atoms with Gasteiger partial charge in [0, 0.05) is 0 Å². The van der Waals surface area contributed by atoms with Gasteiger partial charge in [-0.1, -0.05) is 46.0 Å². The monoisotopic (exact) mass is 248 g/mol. The van der Waals surface area contributed by atoms with E-state index in [0.717, 1.165) is 0 Å². The first-order valence-electron chi connectivity index (χ1n) is 4.27. The van der Waals surface area contributed by atoms with E-state index in [-0.39, 0.29) is 19.5 Å². The van der Waals surface area contributed by atoms with Gasteiger partial charge in [0.2, 0.25) is 0 Å². The zero-order chi connectivity index (χ0) is 10.9. The minimum absolute atomic E-state index is 0. The van der Waals surface area contributed by atoms with E-state index >= 15 is 0 Å². The summed E-state index contributed by atoms with van der Waals surface area (Å²) in [4.78, 5) is 16.5. The minimum Gasteiger partial charge on any atom is -0.724 e.